The van der Waals surface area contributed by atoms with Gasteiger partial charge in [0.1, 0.15) is 0 Å². The zero-order valence-corrected chi connectivity index (χ0v) is 13.9. The third-order valence-corrected chi connectivity index (χ3v) is 4.66. The van der Waals surface area contributed by atoms with Crippen LogP contribution in [0.25, 0.3) is 0 Å². The van der Waals surface area contributed by atoms with Gasteiger partial charge in [0.05, 0.1) is 23.7 Å². The number of carbonyl (C=O) groups is 1. The maximum Gasteiger partial charge on any atom is 0.224 e. The van der Waals surface area contributed by atoms with E-state index in [9.17, 15) is 10.1 Å². The van der Waals surface area contributed by atoms with Crippen LogP contribution in [0, 0.1) is 17.2 Å². The second-order valence-corrected chi connectivity index (χ2v) is 6.24. The molecule has 0 radical (unpaired) electrons. The van der Waals surface area contributed by atoms with E-state index in [1.54, 1.807) is 11.7 Å². The molecule has 24 heavy (non-hydrogen) atoms. The molecule has 2 aromatic rings. The highest BCUT2D eigenvalue weighted by Crippen LogP contribution is 2.33. The van der Waals surface area contributed by atoms with Gasteiger partial charge in [-0.1, -0.05) is 18.2 Å². The maximum atomic E-state index is 12.3. The summed E-state index contributed by atoms with van der Waals surface area (Å²) >= 11 is 0. The predicted octanol–water partition coefficient (Wildman–Crippen LogP) is 1.25. The Morgan fingerprint density at radius 1 is 1.42 bits per heavy atom. The van der Waals surface area contributed by atoms with Crippen molar-refractivity contribution < 1.29 is 4.79 Å². The predicted molar refractivity (Wildman–Crippen MR) is 89.9 cm³/mol. The highest BCUT2D eigenvalue weighted by atomic mass is 16.1. The number of aryl methyl sites for hydroxylation is 1. The Kier molecular flexibility index (Phi) is 4.63. The minimum Gasteiger partial charge on any atom is -0.359 e. The summed E-state index contributed by atoms with van der Waals surface area (Å²) in [5.41, 5.74) is 2.78. The molecule has 0 spiro atoms. The highest BCUT2D eigenvalue weighted by Gasteiger charge is 2.38. The van der Waals surface area contributed by atoms with Gasteiger partial charge in [0.15, 0.2) is 0 Å². The Morgan fingerprint density at radius 2 is 2.21 bits per heavy atom. The lowest BCUT2D eigenvalue weighted by Crippen LogP contribution is -2.32. The van der Waals surface area contributed by atoms with E-state index in [4.69, 9.17) is 0 Å². The minimum atomic E-state index is -0.103. The second kappa shape index (κ2) is 6.85. The van der Waals surface area contributed by atoms with E-state index >= 15 is 0 Å². The number of nitrogens with one attached hydrogen (secondary N) is 1. The van der Waals surface area contributed by atoms with Gasteiger partial charge in [0.2, 0.25) is 5.91 Å². The molecule has 6 nitrogen and oxygen atoms in total. The monoisotopic (exact) mass is 323 g/mol. The zero-order valence-electron chi connectivity index (χ0n) is 13.9. The molecule has 1 aliphatic heterocycles. The van der Waals surface area contributed by atoms with Gasteiger partial charge in [0, 0.05) is 45.8 Å². The van der Waals surface area contributed by atoms with Gasteiger partial charge in [-0.3, -0.25) is 14.4 Å². The van der Waals surface area contributed by atoms with Crippen LogP contribution in [0.15, 0.2) is 36.7 Å². The Hall–Kier alpha value is -2.65. The number of carbonyl (C=O) groups excluding carboxylic acids is 1. The lowest BCUT2D eigenvalue weighted by Gasteiger charge is -2.16. The molecular formula is C18H21N5O. The minimum absolute atomic E-state index is 0.0555. The SMILES string of the molecule is CNC(=O)[C@H]1CN(Cc2ccccc2C#N)C[C@@H]1c1cnn(C)c1. The lowest BCUT2D eigenvalue weighted by molar-refractivity contribution is -0.124. The number of hydrogen-bond acceptors (Lipinski definition) is 4. The van der Waals surface area contributed by atoms with Crippen molar-refractivity contribution in [1.29, 1.82) is 5.26 Å². The number of hydrogen-bond donors (Lipinski definition) is 1. The van der Waals surface area contributed by atoms with E-state index in [1.165, 1.54) is 0 Å². The standard InChI is InChI=1S/C18H21N5O/c1-20-18(24)17-12-23(10-14-6-4-3-5-13(14)7-19)11-16(17)15-8-21-22(2)9-15/h3-6,8-9,16-17H,10-12H2,1-2H3,(H,20,24)/t16-,17+/m1/s1. The fourth-order valence-corrected chi connectivity index (χ4v) is 3.44. The van der Waals surface area contributed by atoms with Gasteiger partial charge >= 0.3 is 0 Å². The normalized spacial score (nSPS) is 20.7. The van der Waals surface area contributed by atoms with Crippen molar-refractivity contribution in [3.63, 3.8) is 0 Å². The number of likely N-dealkylation sites (tertiary alicyclic amines) is 1. The summed E-state index contributed by atoms with van der Waals surface area (Å²) in [6, 6.07) is 9.87. The lowest BCUT2D eigenvalue weighted by atomic mass is 9.90. The maximum absolute atomic E-state index is 12.3. The zero-order chi connectivity index (χ0) is 17.1. The van der Waals surface area contributed by atoms with Crippen LogP contribution in [0.4, 0.5) is 0 Å². The van der Waals surface area contributed by atoms with E-state index < -0.39 is 0 Å². The molecule has 1 fully saturated rings. The Balaban J connectivity index is 1.82. The molecule has 1 amide bonds. The number of aromatic nitrogens is 2. The van der Waals surface area contributed by atoms with Gasteiger partial charge < -0.3 is 5.32 Å². The molecule has 0 bridgehead atoms. The van der Waals surface area contributed by atoms with E-state index in [0.29, 0.717) is 18.7 Å². The average Bonchev–Trinajstić information content (AvgIpc) is 3.21. The number of amides is 1. The molecule has 1 aliphatic rings. The van der Waals surface area contributed by atoms with Crippen LogP contribution < -0.4 is 5.32 Å². The molecule has 2 heterocycles. The van der Waals surface area contributed by atoms with E-state index in [1.807, 2.05) is 43.7 Å². The summed E-state index contributed by atoms with van der Waals surface area (Å²) in [5.74, 6) is 0.0706. The number of benzene rings is 1. The fraction of sp³-hybridized carbons (Fsp3) is 0.389. The van der Waals surface area contributed by atoms with Crippen LogP contribution in [0.5, 0.6) is 0 Å². The first-order chi connectivity index (χ1) is 11.6. The van der Waals surface area contributed by atoms with Gasteiger partial charge in [-0.15, -0.1) is 0 Å². The topological polar surface area (TPSA) is 74.0 Å². The van der Waals surface area contributed by atoms with Gasteiger partial charge in [0.25, 0.3) is 0 Å². The Bertz CT molecular complexity index is 776. The van der Waals surface area contributed by atoms with Crippen LogP contribution in [0.1, 0.15) is 22.6 Å². The largest absolute Gasteiger partial charge is 0.359 e. The van der Waals surface area contributed by atoms with Gasteiger partial charge in [-0.2, -0.15) is 10.4 Å². The second-order valence-electron chi connectivity index (χ2n) is 6.24. The van der Waals surface area contributed by atoms with E-state index in [-0.39, 0.29) is 17.7 Å². The van der Waals surface area contributed by atoms with Crippen molar-refractivity contribution >= 4 is 5.91 Å². The first kappa shape index (κ1) is 16.2. The third kappa shape index (κ3) is 3.17. The van der Waals surface area contributed by atoms with Crippen molar-refractivity contribution in [1.82, 2.24) is 20.0 Å². The van der Waals surface area contributed by atoms with Gasteiger partial charge in [-0.25, -0.2) is 0 Å². The Labute approximate surface area is 141 Å². The quantitative estimate of drug-likeness (QED) is 0.919. The van der Waals surface area contributed by atoms with Gasteiger partial charge in [-0.05, 0) is 17.2 Å². The van der Waals surface area contributed by atoms with Crippen molar-refractivity contribution in [2.75, 3.05) is 20.1 Å². The molecular weight excluding hydrogens is 302 g/mol. The van der Waals surface area contributed by atoms with Crippen LogP contribution in [-0.4, -0.2) is 40.7 Å². The van der Waals surface area contributed by atoms with Crippen molar-refractivity contribution in [2.45, 2.75) is 12.5 Å². The van der Waals surface area contributed by atoms with Crippen LogP contribution in [-0.2, 0) is 18.4 Å². The molecule has 1 saturated heterocycles. The summed E-state index contributed by atoms with van der Waals surface area (Å²) in [4.78, 5) is 14.6. The molecule has 6 heteroatoms. The number of nitriles is 1. The molecule has 2 atom stereocenters. The molecule has 0 aliphatic carbocycles. The van der Waals surface area contributed by atoms with Crippen molar-refractivity contribution in [3.05, 3.63) is 53.3 Å². The third-order valence-electron chi connectivity index (χ3n) is 4.66. The van der Waals surface area contributed by atoms with Crippen LogP contribution in [0.3, 0.4) is 0 Å². The molecule has 1 aromatic carbocycles. The molecule has 124 valence electrons. The number of nitrogens with zero attached hydrogens (tertiary/aromatic N) is 4. The summed E-state index contributed by atoms with van der Waals surface area (Å²) < 4.78 is 1.77. The molecule has 1 N–H and O–H groups in total. The molecule has 0 unspecified atom stereocenters. The average molecular weight is 323 g/mol. The summed E-state index contributed by atoms with van der Waals surface area (Å²) in [7, 11) is 3.56. The van der Waals surface area contributed by atoms with Crippen molar-refractivity contribution in [3.8, 4) is 6.07 Å². The molecule has 1 aromatic heterocycles. The van der Waals surface area contributed by atoms with E-state index in [0.717, 1.165) is 17.7 Å². The van der Waals surface area contributed by atoms with Crippen LogP contribution in [0.2, 0.25) is 0 Å². The summed E-state index contributed by atoms with van der Waals surface area (Å²) in [6.45, 7) is 2.14. The first-order valence-corrected chi connectivity index (χ1v) is 8.03. The fourth-order valence-electron chi connectivity index (χ4n) is 3.44. The summed E-state index contributed by atoms with van der Waals surface area (Å²) in [6.07, 6.45) is 3.82. The van der Waals surface area contributed by atoms with Crippen LogP contribution >= 0.6 is 0 Å². The number of rotatable bonds is 4. The summed E-state index contributed by atoms with van der Waals surface area (Å²) in [5, 5.41) is 16.3. The molecule has 0 saturated carbocycles. The highest BCUT2D eigenvalue weighted by molar-refractivity contribution is 5.80. The smallest absolute Gasteiger partial charge is 0.224 e. The van der Waals surface area contributed by atoms with Crippen molar-refractivity contribution in [2.24, 2.45) is 13.0 Å². The molecule has 3 rings (SSSR count). The Morgan fingerprint density at radius 3 is 2.88 bits per heavy atom. The first-order valence-electron chi connectivity index (χ1n) is 8.03. The van der Waals surface area contributed by atoms with E-state index in [2.05, 4.69) is 21.4 Å².